The lowest BCUT2D eigenvalue weighted by molar-refractivity contribution is 0.317. The number of aromatic hydroxyl groups is 1. The second kappa shape index (κ2) is 6.08. The van der Waals surface area contributed by atoms with E-state index in [1.54, 1.807) is 17.6 Å². The first-order valence-corrected chi connectivity index (χ1v) is 9.95. The van der Waals surface area contributed by atoms with Crippen LogP contribution in [0.25, 0.3) is 10.9 Å². The van der Waals surface area contributed by atoms with Crippen molar-refractivity contribution >= 4 is 20.9 Å². The normalized spacial score (nSPS) is 14.9. The average Bonchev–Trinajstić information content (AvgIpc) is 2.92. The molecule has 2 aromatic heterocycles. The molecule has 27 heavy (non-hydrogen) atoms. The quantitative estimate of drug-likeness (QED) is 0.734. The molecule has 0 saturated heterocycles. The summed E-state index contributed by atoms with van der Waals surface area (Å²) in [7, 11) is -3.73. The van der Waals surface area contributed by atoms with Crippen LogP contribution in [0.15, 0.2) is 35.2 Å². The first-order valence-electron chi connectivity index (χ1n) is 8.51. The Labute approximate surface area is 157 Å². The number of hydrogen-bond acceptors (Lipinski definition) is 5. The SMILES string of the molecule is Cc1ccc2c(O)n3c(c2n1)CN(S(=O)(=O)c1ccc(C#N)cc1C)CC3. The lowest BCUT2D eigenvalue weighted by Crippen LogP contribution is -2.38. The minimum atomic E-state index is -3.73. The van der Waals surface area contributed by atoms with Crippen LogP contribution < -0.4 is 0 Å². The Morgan fingerprint density at radius 2 is 1.96 bits per heavy atom. The van der Waals surface area contributed by atoms with Gasteiger partial charge in [-0.2, -0.15) is 9.57 Å². The number of aryl methyl sites for hydroxylation is 2. The van der Waals surface area contributed by atoms with Gasteiger partial charge in [0.05, 0.1) is 39.7 Å². The van der Waals surface area contributed by atoms with E-state index in [-0.39, 0.29) is 23.9 Å². The van der Waals surface area contributed by atoms with Crippen molar-refractivity contribution in [1.82, 2.24) is 13.9 Å². The van der Waals surface area contributed by atoms with E-state index in [0.717, 1.165) is 5.69 Å². The summed E-state index contributed by atoms with van der Waals surface area (Å²) in [4.78, 5) is 4.69. The van der Waals surface area contributed by atoms with Crippen LogP contribution in [-0.2, 0) is 23.1 Å². The number of pyridine rings is 1. The van der Waals surface area contributed by atoms with E-state index < -0.39 is 10.0 Å². The Kier molecular flexibility index (Phi) is 3.94. The van der Waals surface area contributed by atoms with Crippen molar-refractivity contribution in [2.75, 3.05) is 6.54 Å². The van der Waals surface area contributed by atoms with E-state index in [2.05, 4.69) is 4.98 Å². The highest BCUT2D eigenvalue weighted by Crippen LogP contribution is 2.35. The van der Waals surface area contributed by atoms with Gasteiger partial charge in [-0.15, -0.1) is 0 Å². The summed E-state index contributed by atoms with van der Waals surface area (Å²) in [6.07, 6.45) is 0. The van der Waals surface area contributed by atoms with Gasteiger partial charge in [-0.25, -0.2) is 8.42 Å². The van der Waals surface area contributed by atoms with Crippen molar-refractivity contribution in [3.05, 3.63) is 52.8 Å². The fourth-order valence-corrected chi connectivity index (χ4v) is 5.17. The Morgan fingerprint density at radius 3 is 2.67 bits per heavy atom. The molecule has 0 bridgehead atoms. The molecule has 1 aliphatic heterocycles. The van der Waals surface area contributed by atoms with Crippen LogP contribution in [-0.4, -0.2) is 33.9 Å². The van der Waals surface area contributed by atoms with Gasteiger partial charge in [0.2, 0.25) is 15.9 Å². The molecule has 8 heteroatoms. The van der Waals surface area contributed by atoms with Gasteiger partial charge in [0.1, 0.15) is 0 Å². The van der Waals surface area contributed by atoms with E-state index in [4.69, 9.17) is 5.26 Å². The largest absolute Gasteiger partial charge is 0.494 e. The lowest BCUT2D eigenvalue weighted by Gasteiger charge is -2.28. The smallest absolute Gasteiger partial charge is 0.243 e. The van der Waals surface area contributed by atoms with Crippen LogP contribution >= 0.6 is 0 Å². The van der Waals surface area contributed by atoms with Crippen LogP contribution in [0.5, 0.6) is 5.88 Å². The molecule has 0 amide bonds. The highest BCUT2D eigenvalue weighted by atomic mass is 32.2. The topological polar surface area (TPSA) is 99.2 Å². The summed E-state index contributed by atoms with van der Waals surface area (Å²) in [5, 5.41) is 20.1. The van der Waals surface area contributed by atoms with Crippen LogP contribution in [0.1, 0.15) is 22.5 Å². The summed E-state index contributed by atoms with van der Waals surface area (Å²) in [6, 6.07) is 10.2. The molecule has 0 spiro atoms. The Hall–Kier alpha value is -2.89. The van der Waals surface area contributed by atoms with Gasteiger partial charge in [0.15, 0.2) is 0 Å². The zero-order valence-corrected chi connectivity index (χ0v) is 15.8. The fraction of sp³-hybridized carbons (Fsp3) is 0.263. The van der Waals surface area contributed by atoms with Crippen molar-refractivity contribution in [2.24, 2.45) is 0 Å². The zero-order valence-electron chi connectivity index (χ0n) is 15.0. The molecule has 1 aliphatic rings. The van der Waals surface area contributed by atoms with Crippen molar-refractivity contribution in [3.63, 3.8) is 0 Å². The second-order valence-corrected chi connectivity index (χ2v) is 8.61. The third kappa shape index (κ3) is 2.67. The highest BCUT2D eigenvalue weighted by molar-refractivity contribution is 7.89. The molecule has 0 atom stereocenters. The van der Waals surface area contributed by atoms with Gasteiger partial charge < -0.3 is 9.67 Å². The maximum atomic E-state index is 13.2. The molecule has 1 aromatic carbocycles. The molecular weight excluding hydrogens is 364 g/mol. The molecule has 4 rings (SSSR count). The van der Waals surface area contributed by atoms with Crippen LogP contribution in [0.2, 0.25) is 0 Å². The molecule has 0 aliphatic carbocycles. The molecule has 0 radical (unpaired) electrons. The fourth-order valence-electron chi connectivity index (χ4n) is 3.57. The third-order valence-electron chi connectivity index (χ3n) is 4.95. The maximum Gasteiger partial charge on any atom is 0.243 e. The van der Waals surface area contributed by atoms with E-state index in [9.17, 15) is 13.5 Å². The first-order chi connectivity index (χ1) is 12.8. The van der Waals surface area contributed by atoms with Crippen molar-refractivity contribution in [1.29, 1.82) is 5.26 Å². The minimum Gasteiger partial charge on any atom is -0.494 e. The highest BCUT2D eigenvalue weighted by Gasteiger charge is 2.32. The van der Waals surface area contributed by atoms with Gasteiger partial charge in [-0.05, 0) is 49.7 Å². The van der Waals surface area contributed by atoms with E-state index >= 15 is 0 Å². The van der Waals surface area contributed by atoms with Crippen molar-refractivity contribution in [3.8, 4) is 11.9 Å². The summed E-state index contributed by atoms with van der Waals surface area (Å²) >= 11 is 0. The van der Waals surface area contributed by atoms with E-state index in [1.165, 1.54) is 16.4 Å². The van der Waals surface area contributed by atoms with E-state index in [1.807, 2.05) is 25.1 Å². The number of aromatic nitrogens is 2. The van der Waals surface area contributed by atoms with E-state index in [0.29, 0.717) is 34.3 Å². The summed E-state index contributed by atoms with van der Waals surface area (Å²) in [6.45, 7) is 4.28. The van der Waals surface area contributed by atoms with Crippen LogP contribution in [0.3, 0.4) is 0 Å². The number of rotatable bonds is 2. The summed E-state index contributed by atoms with van der Waals surface area (Å²) in [5.41, 5.74) is 3.08. The molecule has 3 aromatic rings. The number of fused-ring (bicyclic) bond motifs is 3. The Balaban J connectivity index is 1.78. The lowest BCUT2D eigenvalue weighted by atomic mass is 10.2. The standard InChI is InChI=1S/C19H18N4O3S/c1-12-9-14(10-20)4-6-17(12)27(25,26)22-7-8-23-16(11-22)18-15(19(23)24)5-3-13(2)21-18/h3-6,9,24H,7-8,11H2,1-2H3. The minimum absolute atomic E-state index is 0.124. The van der Waals surface area contributed by atoms with Gasteiger partial charge >= 0.3 is 0 Å². The predicted molar refractivity (Wildman–Crippen MR) is 99.6 cm³/mol. The molecular formula is C19H18N4O3S. The zero-order chi connectivity index (χ0) is 19.3. The molecule has 3 heterocycles. The Bertz CT molecular complexity index is 1220. The van der Waals surface area contributed by atoms with Gasteiger partial charge in [-0.1, -0.05) is 0 Å². The monoisotopic (exact) mass is 382 g/mol. The van der Waals surface area contributed by atoms with Gasteiger partial charge in [-0.3, -0.25) is 4.98 Å². The van der Waals surface area contributed by atoms with Crippen LogP contribution in [0, 0.1) is 25.2 Å². The molecule has 138 valence electrons. The number of benzene rings is 1. The maximum absolute atomic E-state index is 13.2. The van der Waals surface area contributed by atoms with Crippen LogP contribution in [0.4, 0.5) is 0 Å². The molecule has 7 nitrogen and oxygen atoms in total. The third-order valence-corrected chi connectivity index (χ3v) is 6.96. The van der Waals surface area contributed by atoms with Crippen molar-refractivity contribution < 1.29 is 13.5 Å². The first kappa shape index (κ1) is 17.5. The average molecular weight is 382 g/mol. The van der Waals surface area contributed by atoms with Crippen molar-refractivity contribution in [2.45, 2.75) is 31.8 Å². The predicted octanol–water partition coefficient (Wildman–Crippen LogP) is 2.43. The molecule has 1 N–H and O–H groups in total. The summed E-state index contributed by atoms with van der Waals surface area (Å²) < 4.78 is 29.5. The number of hydrogen-bond donors (Lipinski definition) is 1. The van der Waals surface area contributed by atoms with Gasteiger partial charge in [0.25, 0.3) is 0 Å². The van der Waals surface area contributed by atoms with Gasteiger partial charge in [0, 0.05) is 18.8 Å². The molecule has 0 saturated carbocycles. The molecule has 0 unspecified atom stereocenters. The molecule has 0 fully saturated rings. The second-order valence-electron chi connectivity index (χ2n) is 6.70. The number of nitriles is 1. The Morgan fingerprint density at radius 1 is 1.19 bits per heavy atom. The number of nitrogens with zero attached hydrogens (tertiary/aromatic N) is 4. The summed E-state index contributed by atoms with van der Waals surface area (Å²) in [5.74, 6) is 0.124. The number of sulfonamides is 1.